The van der Waals surface area contributed by atoms with Crippen molar-refractivity contribution < 1.29 is 28.7 Å². The fourth-order valence-electron chi connectivity index (χ4n) is 8.31. The Kier molecular flexibility index (Phi) is 11.8. The smallest absolute Gasteiger partial charge is 0.407 e. The minimum atomic E-state index is -0.702. The number of aromatic amines is 2. The highest BCUT2D eigenvalue weighted by Gasteiger charge is 2.39. The van der Waals surface area contributed by atoms with E-state index < -0.39 is 24.3 Å². The number of amides is 4. The standard InChI is InChI=1S/C44H52N8O6/c1-25(2)37(49-43(55)57-5)41(53)51-21-9-15-35(51)39-45-23-33(47-39)28-19-17-27(18-20-28)29-11-7-13-31-30(29)12-8-14-32(31)34-24-46-40(48-34)36-16-10-22-52(36)42(54)38(26(3)4)50-44(56)58-6/h7-8,11-14,17-20,23-26,35-38H,9-10,15-16,21-22H2,1-6H3,(H,45,47)(H,46,48)(H,49,55)(H,50,56)/t35-,36+,37-,38+/m1/s1. The van der Waals surface area contributed by atoms with Crippen LogP contribution < -0.4 is 10.6 Å². The molecular formula is C44H52N8O6. The molecule has 14 nitrogen and oxygen atoms in total. The number of fused-ring (bicyclic) bond motifs is 1. The van der Waals surface area contributed by atoms with Crippen LogP contribution in [0.15, 0.2) is 73.1 Å². The monoisotopic (exact) mass is 788 g/mol. The Morgan fingerprint density at radius 3 is 1.59 bits per heavy atom. The van der Waals surface area contributed by atoms with Crippen LogP contribution in [0.25, 0.3) is 44.4 Å². The molecule has 4 heterocycles. The van der Waals surface area contributed by atoms with Gasteiger partial charge in [0.2, 0.25) is 11.8 Å². The molecule has 304 valence electrons. The van der Waals surface area contributed by atoms with Gasteiger partial charge < -0.3 is 39.9 Å². The molecule has 58 heavy (non-hydrogen) atoms. The zero-order valence-electron chi connectivity index (χ0n) is 33.9. The van der Waals surface area contributed by atoms with E-state index in [9.17, 15) is 19.2 Å². The Morgan fingerprint density at radius 1 is 0.638 bits per heavy atom. The van der Waals surface area contributed by atoms with Crippen molar-refractivity contribution in [3.63, 3.8) is 0 Å². The van der Waals surface area contributed by atoms with E-state index in [0.717, 1.165) is 81.7 Å². The van der Waals surface area contributed by atoms with Gasteiger partial charge in [-0.3, -0.25) is 9.59 Å². The van der Waals surface area contributed by atoms with Crippen LogP contribution in [-0.4, -0.2) is 93.1 Å². The molecule has 2 aliphatic rings. The van der Waals surface area contributed by atoms with Crippen LogP contribution in [0.4, 0.5) is 9.59 Å². The Labute approximate surface area is 338 Å². The van der Waals surface area contributed by atoms with Crippen molar-refractivity contribution in [3.8, 4) is 33.6 Å². The normalized spacial score (nSPS) is 17.8. The molecule has 0 radical (unpaired) electrons. The van der Waals surface area contributed by atoms with E-state index in [-0.39, 0.29) is 35.7 Å². The van der Waals surface area contributed by atoms with Crippen LogP contribution in [0.3, 0.4) is 0 Å². The van der Waals surface area contributed by atoms with Crippen molar-refractivity contribution in [1.82, 2.24) is 40.4 Å². The van der Waals surface area contributed by atoms with E-state index in [1.165, 1.54) is 14.2 Å². The van der Waals surface area contributed by atoms with Crippen LogP contribution in [-0.2, 0) is 19.1 Å². The van der Waals surface area contributed by atoms with E-state index in [2.05, 4.69) is 75.2 Å². The topological polar surface area (TPSA) is 175 Å². The number of benzene rings is 3. The minimum Gasteiger partial charge on any atom is -0.453 e. The fourth-order valence-corrected chi connectivity index (χ4v) is 8.31. The molecule has 2 aromatic heterocycles. The van der Waals surface area contributed by atoms with Crippen molar-refractivity contribution in [3.05, 3.63) is 84.7 Å². The molecular weight excluding hydrogens is 737 g/mol. The quantitative estimate of drug-likeness (QED) is 0.107. The summed E-state index contributed by atoms with van der Waals surface area (Å²) in [5, 5.41) is 7.57. The highest BCUT2D eigenvalue weighted by molar-refractivity contribution is 6.04. The summed E-state index contributed by atoms with van der Waals surface area (Å²) in [5.74, 6) is 0.920. The first-order valence-electron chi connectivity index (χ1n) is 20.0. The van der Waals surface area contributed by atoms with Gasteiger partial charge in [0.25, 0.3) is 0 Å². The van der Waals surface area contributed by atoms with Crippen molar-refractivity contribution in [2.45, 2.75) is 77.5 Å². The maximum absolute atomic E-state index is 13.7. The summed E-state index contributed by atoms with van der Waals surface area (Å²) in [4.78, 5) is 71.4. The number of likely N-dealkylation sites (tertiary alicyclic amines) is 2. The predicted octanol–water partition coefficient (Wildman–Crippen LogP) is 7.38. The SMILES string of the molecule is COC(=O)N[C@H](C(=O)N1CCC[C@H]1c1ncc(-c2cccc3c(-c4ccc(-c5cnc([C@H]6CCCN6C(=O)[C@H](NC(=O)OC)C(C)C)[nH]5)cc4)cccc23)[nH]1)C(C)C. The number of aromatic nitrogens is 4. The number of carbonyl (C=O) groups is 4. The number of methoxy groups -OCH3 is 2. The average Bonchev–Trinajstić information content (AvgIpc) is 4.07. The number of rotatable bonds is 11. The molecule has 14 heteroatoms. The number of hydrogen-bond donors (Lipinski definition) is 4. The molecule has 0 unspecified atom stereocenters. The molecule has 2 saturated heterocycles. The predicted molar refractivity (Wildman–Crippen MR) is 220 cm³/mol. The molecule has 0 bridgehead atoms. The summed E-state index contributed by atoms with van der Waals surface area (Å²) in [6, 6.07) is 19.0. The van der Waals surface area contributed by atoms with Crippen LogP contribution in [0.2, 0.25) is 0 Å². The Hall–Kier alpha value is -6.18. The number of carbonyl (C=O) groups excluding carboxylic acids is 4. The van der Waals surface area contributed by atoms with Crippen LogP contribution in [0.5, 0.6) is 0 Å². The van der Waals surface area contributed by atoms with Crippen molar-refractivity contribution >= 4 is 34.8 Å². The highest BCUT2D eigenvalue weighted by Crippen LogP contribution is 2.38. The van der Waals surface area contributed by atoms with Gasteiger partial charge in [-0.15, -0.1) is 0 Å². The van der Waals surface area contributed by atoms with Crippen molar-refractivity contribution in [1.29, 1.82) is 0 Å². The van der Waals surface area contributed by atoms with Gasteiger partial charge in [-0.05, 0) is 65.0 Å². The van der Waals surface area contributed by atoms with Crippen molar-refractivity contribution in [2.24, 2.45) is 11.8 Å². The molecule has 0 spiro atoms. The third kappa shape index (κ3) is 8.00. The molecule has 4 amide bonds. The lowest BCUT2D eigenvalue weighted by Gasteiger charge is -2.30. The van der Waals surface area contributed by atoms with E-state index in [1.807, 2.05) is 56.0 Å². The number of hydrogen-bond acceptors (Lipinski definition) is 8. The van der Waals surface area contributed by atoms with E-state index in [4.69, 9.17) is 19.4 Å². The molecule has 4 atom stereocenters. The number of imidazole rings is 2. The number of alkyl carbamates (subject to hydrolysis) is 2. The molecule has 4 N–H and O–H groups in total. The van der Waals surface area contributed by atoms with Gasteiger partial charge in [0, 0.05) is 18.7 Å². The Bertz CT molecular complexity index is 2280. The number of nitrogens with zero attached hydrogens (tertiary/aromatic N) is 4. The summed E-state index contributed by atoms with van der Waals surface area (Å²) >= 11 is 0. The van der Waals surface area contributed by atoms with Gasteiger partial charge in [0.1, 0.15) is 23.7 Å². The van der Waals surface area contributed by atoms with E-state index >= 15 is 0 Å². The Morgan fingerprint density at radius 2 is 1.09 bits per heavy atom. The average molecular weight is 789 g/mol. The first-order valence-corrected chi connectivity index (χ1v) is 20.0. The summed E-state index contributed by atoms with van der Waals surface area (Å²) in [6.07, 6.45) is 5.61. The highest BCUT2D eigenvalue weighted by atomic mass is 16.5. The zero-order valence-corrected chi connectivity index (χ0v) is 33.9. The molecule has 2 aliphatic heterocycles. The van der Waals surface area contributed by atoms with Crippen LogP contribution in [0, 0.1) is 11.8 Å². The Balaban J connectivity index is 1.09. The third-order valence-electron chi connectivity index (χ3n) is 11.4. The molecule has 7 rings (SSSR count). The van der Waals surface area contributed by atoms with Gasteiger partial charge in [-0.1, -0.05) is 88.4 Å². The molecule has 5 aromatic rings. The van der Waals surface area contributed by atoms with Gasteiger partial charge in [0.05, 0.1) is 50.1 Å². The number of ether oxygens (including phenoxy) is 2. The van der Waals surface area contributed by atoms with Gasteiger partial charge >= 0.3 is 12.2 Å². The fraction of sp³-hybridized carbons (Fsp3) is 0.409. The second kappa shape index (κ2) is 17.1. The molecule has 0 aliphatic carbocycles. The largest absolute Gasteiger partial charge is 0.453 e. The van der Waals surface area contributed by atoms with Crippen LogP contribution in [0.1, 0.15) is 77.1 Å². The maximum atomic E-state index is 13.7. The molecule has 0 saturated carbocycles. The lowest BCUT2D eigenvalue weighted by atomic mass is 9.94. The lowest BCUT2D eigenvalue weighted by Crippen LogP contribution is -2.51. The van der Waals surface area contributed by atoms with E-state index in [1.54, 1.807) is 0 Å². The van der Waals surface area contributed by atoms with Gasteiger partial charge in [-0.2, -0.15) is 0 Å². The molecule has 3 aromatic carbocycles. The number of nitrogens with one attached hydrogen (secondary N) is 4. The minimum absolute atomic E-state index is 0.111. The number of H-pyrrole nitrogens is 2. The van der Waals surface area contributed by atoms with Gasteiger partial charge in [-0.25, -0.2) is 19.6 Å². The third-order valence-corrected chi connectivity index (χ3v) is 11.4. The first kappa shape index (κ1) is 40.0. The van der Waals surface area contributed by atoms with Gasteiger partial charge in [0.15, 0.2) is 0 Å². The summed E-state index contributed by atoms with van der Waals surface area (Å²) < 4.78 is 9.56. The van der Waals surface area contributed by atoms with Crippen LogP contribution >= 0.6 is 0 Å². The summed E-state index contributed by atoms with van der Waals surface area (Å²) in [5.41, 5.74) is 5.83. The second-order valence-corrected chi connectivity index (χ2v) is 15.7. The lowest BCUT2D eigenvalue weighted by molar-refractivity contribution is -0.136. The first-order chi connectivity index (χ1) is 28.0. The summed E-state index contributed by atoms with van der Waals surface area (Å²) in [6.45, 7) is 8.78. The van der Waals surface area contributed by atoms with E-state index in [0.29, 0.717) is 13.1 Å². The maximum Gasteiger partial charge on any atom is 0.407 e. The second-order valence-electron chi connectivity index (χ2n) is 15.7. The summed E-state index contributed by atoms with van der Waals surface area (Å²) in [7, 11) is 2.58. The zero-order chi connectivity index (χ0) is 41.1. The van der Waals surface area contributed by atoms with Crippen molar-refractivity contribution in [2.75, 3.05) is 27.3 Å². The molecule has 2 fully saturated rings.